The van der Waals surface area contributed by atoms with E-state index in [1.54, 1.807) is 42.5 Å². The SMILES string of the molecule is Cc1nc2ccc(C(=O)OCC(=O)N(CC#N)c3ccccc3)cc2nc1C. The molecular weight excluding hydrogens is 356 g/mol. The van der Waals surface area contributed by atoms with Gasteiger partial charge in [-0.15, -0.1) is 0 Å². The Morgan fingerprint density at radius 1 is 1.04 bits per heavy atom. The number of benzene rings is 2. The second kappa shape index (κ2) is 8.27. The number of para-hydroxylation sites is 1. The Morgan fingerprint density at radius 2 is 1.71 bits per heavy atom. The number of amides is 1. The van der Waals surface area contributed by atoms with Crippen molar-refractivity contribution in [2.24, 2.45) is 0 Å². The summed E-state index contributed by atoms with van der Waals surface area (Å²) >= 11 is 0. The fourth-order valence-electron chi connectivity index (χ4n) is 2.65. The largest absolute Gasteiger partial charge is 0.452 e. The molecule has 0 aliphatic heterocycles. The Labute approximate surface area is 162 Å². The van der Waals surface area contributed by atoms with Gasteiger partial charge in [-0.25, -0.2) is 14.8 Å². The maximum absolute atomic E-state index is 12.4. The smallest absolute Gasteiger partial charge is 0.338 e. The molecule has 2 aromatic carbocycles. The maximum Gasteiger partial charge on any atom is 0.338 e. The van der Waals surface area contributed by atoms with E-state index in [1.165, 1.54) is 4.90 Å². The second-order valence-corrected chi connectivity index (χ2v) is 6.15. The number of carbonyl (C=O) groups excluding carboxylic acids is 2. The molecule has 0 fully saturated rings. The zero-order chi connectivity index (χ0) is 20.1. The van der Waals surface area contributed by atoms with Gasteiger partial charge in [0, 0.05) is 5.69 Å². The minimum absolute atomic E-state index is 0.134. The Kier molecular flexibility index (Phi) is 5.61. The molecule has 28 heavy (non-hydrogen) atoms. The normalized spacial score (nSPS) is 10.3. The van der Waals surface area contributed by atoms with Crippen LogP contribution in [0.1, 0.15) is 21.7 Å². The molecule has 0 N–H and O–H groups in total. The van der Waals surface area contributed by atoms with Crippen LogP contribution in [0.15, 0.2) is 48.5 Å². The minimum Gasteiger partial charge on any atom is -0.452 e. The summed E-state index contributed by atoms with van der Waals surface area (Å²) in [6.45, 7) is 3.12. The van der Waals surface area contributed by atoms with Gasteiger partial charge in [0.25, 0.3) is 5.91 Å². The lowest BCUT2D eigenvalue weighted by atomic mass is 10.2. The monoisotopic (exact) mass is 374 g/mol. The molecule has 1 aromatic heterocycles. The lowest BCUT2D eigenvalue weighted by molar-refractivity contribution is -0.121. The van der Waals surface area contributed by atoms with Gasteiger partial charge in [-0.1, -0.05) is 18.2 Å². The first kappa shape index (κ1) is 19.0. The number of esters is 1. The van der Waals surface area contributed by atoms with Crippen molar-refractivity contribution >= 4 is 28.6 Å². The summed E-state index contributed by atoms with van der Waals surface area (Å²) in [6.07, 6.45) is 0. The molecule has 0 atom stereocenters. The van der Waals surface area contributed by atoms with E-state index in [1.807, 2.05) is 26.0 Å². The molecule has 7 heteroatoms. The molecule has 0 unspecified atom stereocenters. The van der Waals surface area contributed by atoms with Crippen molar-refractivity contribution in [3.63, 3.8) is 0 Å². The molecular formula is C21H18N4O3. The molecule has 3 rings (SSSR count). The average Bonchev–Trinajstić information content (AvgIpc) is 2.71. The van der Waals surface area contributed by atoms with Crippen LogP contribution in [-0.2, 0) is 9.53 Å². The Morgan fingerprint density at radius 3 is 2.39 bits per heavy atom. The first-order valence-corrected chi connectivity index (χ1v) is 8.64. The van der Waals surface area contributed by atoms with Crippen LogP contribution in [0, 0.1) is 25.2 Å². The zero-order valence-corrected chi connectivity index (χ0v) is 15.5. The number of ether oxygens (including phenoxy) is 1. The molecule has 1 amide bonds. The Balaban J connectivity index is 1.72. The third kappa shape index (κ3) is 4.13. The van der Waals surface area contributed by atoms with Crippen molar-refractivity contribution in [2.45, 2.75) is 13.8 Å². The molecule has 7 nitrogen and oxygen atoms in total. The molecule has 1 heterocycles. The highest BCUT2D eigenvalue weighted by Gasteiger charge is 2.18. The van der Waals surface area contributed by atoms with Crippen LogP contribution in [-0.4, -0.2) is 35.0 Å². The number of fused-ring (bicyclic) bond motifs is 1. The van der Waals surface area contributed by atoms with E-state index >= 15 is 0 Å². The van der Waals surface area contributed by atoms with E-state index in [0.29, 0.717) is 16.7 Å². The summed E-state index contributed by atoms with van der Waals surface area (Å²) in [7, 11) is 0. The molecule has 0 radical (unpaired) electrons. The first-order valence-electron chi connectivity index (χ1n) is 8.64. The van der Waals surface area contributed by atoms with Gasteiger partial charge in [0.1, 0.15) is 6.54 Å². The molecule has 0 spiro atoms. The summed E-state index contributed by atoms with van der Waals surface area (Å²) in [5.74, 6) is -1.12. The summed E-state index contributed by atoms with van der Waals surface area (Å²) < 4.78 is 5.15. The van der Waals surface area contributed by atoms with Gasteiger partial charge >= 0.3 is 5.97 Å². The van der Waals surface area contributed by atoms with Gasteiger partial charge in [0.15, 0.2) is 6.61 Å². The number of anilines is 1. The third-order valence-corrected chi connectivity index (χ3v) is 4.24. The summed E-state index contributed by atoms with van der Waals surface area (Å²) in [5, 5.41) is 8.98. The van der Waals surface area contributed by atoms with E-state index in [2.05, 4.69) is 9.97 Å². The van der Waals surface area contributed by atoms with Crippen LogP contribution in [0.25, 0.3) is 11.0 Å². The third-order valence-electron chi connectivity index (χ3n) is 4.24. The predicted octanol–water partition coefficient (Wildman–Crippen LogP) is 2.96. The fraction of sp³-hybridized carbons (Fsp3) is 0.190. The molecule has 140 valence electrons. The van der Waals surface area contributed by atoms with Gasteiger partial charge in [0.2, 0.25) is 0 Å². The minimum atomic E-state index is -0.639. The number of nitriles is 1. The molecule has 0 bridgehead atoms. The van der Waals surface area contributed by atoms with Gasteiger partial charge < -0.3 is 4.74 Å². The summed E-state index contributed by atoms with van der Waals surface area (Å²) in [6, 6.07) is 15.6. The van der Waals surface area contributed by atoms with Gasteiger partial charge in [-0.05, 0) is 44.2 Å². The van der Waals surface area contributed by atoms with E-state index in [4.69, 9.17) is 10.00 Å². The van der Waals surface area contributed by atoms with Crippen molar-refractivity contribution in [2.75, 3.05) is 18.1 Å². The van der Waals surface area contributed by atoms with Crippen molar-refractivity contribution in [3.05, 3.63) is 65.5 Å². The van der Waals surface area contributed by atoms with Gasteiger partial charge in [0.05, 0.1) is 34.1 Å². The van der Waals surface area contributed by atoms with Crippen molar-refractivity contribution < 1.29 is 14.3 Å². The van der Waals surface area contributed by atoms with E-state index < -0.39 is 18.5 Å². The number of rotatable bonds is 5. The van der Waals surface area contributed by atoms with Crippen LogP contribution in [0.4, 0.5) is 5.69 Å². The second-order valence-electron chi connectivity index (χ2n) is 6.15. The van der Waals surface area contributed by atoms with Crippen LogP contribution >= 0.6 is 0 Å². The van der Waals surface area contributed by atoms with Gasteiger partial charge in [-0.2, -0.15) is 5.26 Å². The van der Waals surface area contributed by atoms with E-state index in [0.717, 1.165) is 11.4 Å². The number of hydrogen-bond donors (Lipinski definition) is 0. The molecule has 3 aromatic rings. The molecule has 0 aliphatic rings. The van der Waals surface area contributed by atoms with Crippen LogP contribution < -0.4 is 4.90 Å². The first-order chi connectivity index (χ1) is 13.5. The fourth-order valence-corrected chi connectivity index (χ4v) is 2.65. The number of aryl methyl sites for hydroxylation is 2. The van der Waals surface area contributed by atoms with Gasteiger partial charge in [-0.3, -0.25) is 9.69 Å². The zero-order valence-electron chi connectivity index (χ0n) is 15.5. The molecule has 0 saturated heterocycles. The van der Waals surface area contributed by atoms with Crippen LogP contribution in [0.3, 0.4) is 0 Å². The molecule has 0 saturated carbocycles. The van der Waals surface area contributed by atoms with E-state index in [-0.39, 0.29) is 12.1 Å². The Hall–Kier alpha value is -3.79. The van der Waals surface area contributed by atoms with Crippen molar-refractivity contribution in [1.82, 2.24) is 9.97 Å². The lowest BCUT2D eigenvalue weighted by Crippen LogP contribution is -2.35. The standard InChI is InChI=1S/C21H18N4O3/c1-14-15(2)24-19-12-16(8-9-18(19)23-14)21(27)28-13-20(26)25(11-10-22)17-6-4-3-5-7-17/h3-9,12H,11,13H2,1-2H3. The number of aromatic nitrogens is 2. The van der Waals surface area contributed by atoms with Crippen molar-refractivity contribution in [3.8, 4) is 6.07 Å². The highest BCUT2D eigenvalue weighted by molar-refractivity contribution is 5.98. The highest BCUT2D eigenvalue weighted by Crippen LogP contribution is 2.16. The maximum atomic E-state index is 12.4. The Bertz CT molecular complexity index is 1070. The van der Waals surface area contributed by atoms with Crippen LogP contribution in [0.2, 0.25) is 0 Å². The average molecular weight is 374 g/mol. The highest BCUT2D eigenvalue weighted by atomic mass is 16.5. The molecule has 0 aliphatic carbocycles. The van der Waals surface area contributed by atoms with E-state index in [9.17, 15) is 9.59 Å². The predicted molar refractivity (Wildman–Crippen MR) is 104 cm³/mol. The lowest BCUT2D eigenvalue weighted by Gasteiger charge is -2.19. The quantitative estimate of drug-likeness (QED) is 0.503. The summed E-state index contributed by atoms with van der Waals surface area (Å²) in [4.78, 5) is 34.9. The topological polar surface area (TPSA) is 96.2 Å². The number of nitrogens with zero attached hydrogens (tertiary/aromatic N) is 4. The van der Waals surface area contributed by atoms with Crippen molar-refractivity contribution in [1.29, 1.82) is 5.26 Å². The number of carbonyl (C=O) groups is 2. The van der Waals surface area contributed by atoms with Crippen LogP contribution in [0.5, 0.6) is 0 Å². The number of hydrogen-bond acceptors (Lipinski definition) is 6. The summed E-state index contributed by atoms with van der Waals surface area (Å²) in [5.41, 5.74) is 3.72.